The van der Waals surface area contributed by atoms with Crippen LogP contribution < -0.4 is 5.32 Å². The molecule has 0 aliphatic rings. The molecule has 0 aromatic heterocycles. The zero-order valence-corrected chi connectivity index (χ0v) is 10.7. The van der Waals surface area contributed by atoms with Crippen LogP contribution in [0.15, 0.2) is 28.5 Å². The molecule has 0 rings (SSSR count). The Balaban J connectivity index is 4.63. The first-order chi connectivity index (χ1) is 7.67. The number of hydrogen-bond acceptors (Lipinski definition) is 2. The van der Waals surface area contributed by atoms with Crippen molar-refractivity contribution in [2.45, 2.75) is 39.8 Å². The summed E-state index contributed by atoms with van der Waals surface area (Å²) < 4.78 is 36.0. The first-order valence-electron chi connectivity index (χ1n) is 5.32. The highest BCUT2D eigenvalue weighted by Crippen LogP contribution is 2.22. The number of halogens is 3. The van der Waals surface area contributed by atoms with Gasteiger partial charge in [0.2, 0.25) is 0 Å². The molecule has 0 saturated heterocycles. The lowest BCUT2D eigenvalue weighted by molar-refractivity contribution is -0.132. The van der Waals surface area contributed by atoms with Crippen molar-refractivity contribution in [3.63, 3.8) is 0 Å². The average molecular weight is 248 g/mol. The summed E-state index contributed by atoms with van der Waals surface area (Å²) in [6.45, 7) is 8.96. The lowest BCUT2D eigenvalue weighted by atomic mass is 10.2. The molecule has 5 heteroatoms. The van der Waals surface area contributed by atoms with Gasteiger partial charge in [-0.15, -0.1) is 0 Å². The highest BCUT2D eigenvalue weighted by Gasteiger charge is 2.26. The molecule has 0 unspecified atom stereocenters. The van der Waals surface area contributed by atoms with Crippen molar-refractivity contribution in [1.29, 1.82) is 0 Å². The smallest absolute Gasteiger partial charge is 0.388 e. The van der Waals surface area contributed by atoms with Crippen LogP contribution in [-0.4, -0.2) is 18.9 Å². The molecule has 0 atom stereocenters. The topological polar surface area (TPSA) is 24.4 Å². The van der Waals surface area contributed by atoms with Gasteiger partial charge in [-0.25, -0.2) is 0 Å². The first-order valence-corrected chi connectivity index (χ1v) is 5.32. The van der Waals surface area contributed by atoms with Gasteiger partial charge in [0.25, 0.3) is 0 Å². The van der Waals surface area contributed by atoms with E-state index in [1.165, 1.54) is 0 Å². The summed E-state index contributed by atoms with van der Waals surface area (Å²) in [4.78, 5) is 4.14. The summed E-state index contributed by atoms with van der Waals surface area (Å²) in [6, 6.07) is 0. The summed E-state index contributed by atoms with van der Waals surface area (Å²) >= 11 is 0. The maximum absolute atomic E-state index is 12.0. The van der Waals surface area contributed by atoms with E-state index in [1.807, 2.05) is 6.92 Å². The SMILES string of the molecule is C=C(NC)/C(C)=C(\C)N=C(C)CCC(F)(F)F. The van der Waals surface area contributed by atoms with Gasteiger partial charge >= 0.3 is 6.18 Å². The molecule has 98 valence electrons. The minimum absolute atomic E-state index is 0.0693. The molecule has 0 aromatic carbocycles. The Morgan fingerprint density at radius 1 is 1.24 bits per heavy atom. The minimum atomic E-state index is -4.13. The van der Waals surface area contributed by atoms with Crippen LogP contribution in [0, 0.1) is 0 Å². The molecule has 0 heterocycles. The van der Waals surface area contributed by atoms with Crippen molar-refractivity contribution >= 4 is 5.71 Å². The lowest BCUT2D eigenvalue weighted by Gasteiger charge is -2.09. The van der Waals surface area contributed by atoms with Gasteiger partial charge in [0.1, 0.15) is 0 Å². The predicted molar refractivity (Wildman–Crippen MR) is 65.0 cm³/mol. The van der Waals surface area contributed by atoms with Crippen molar-refractivity contribution in [3.05, 3.63) is 23.5 Å². The van der Waals surface area contributed by atoms with E-state index in [1.54, 1.807) is 20.9 Å². The summed E-state index contributed by atoms with van der Waals surface area (Å²) in [5.74, 6) is 0. The fourth-order valence-electron chi connectivity index (χ4n) is 1.15. The molecular weight excluding hydrogens is 229 g/mol. The van der Waals surface area contributed by atoms with E-state index in [2.05, 4.69) is 16.9 Å². The third-order valence-electron chi connectivity index (χ3n) is 2.43. The maximum Gasteiger partial charge on any atom is 0.389 e. The number of aliphatic imine (C=N–C) groups is 1. The van der Waals surface area contributed by atoms with Gasteiger partial charge in [0, 0.05) is 30.6 Å². The third-order valence-corrected chi connectivity index (χ3v) is 2.43. The largest absolute Gasteiger partial charge is 0.389 e. The molecule has 2 nitrogen and oxygen atoms in total. The monoisotopic (exact) mass is 248 g/mol. The van der Waals surface area contributed by atoms with Gasteiger partial charge in [-0.3, -0.25) is 4.99 Å². The second-order valence-corrected chi connectivity index (χ2v) is 3.90. The Kier molecular flexibility index (Phi) is 5.99. The first kappa shape index (κ1) is 15.7. The minimum Gasteiger partial charge on any atom is -0.388 e. The fraction of sp³-hybridized carbons (Fsp3) is 0.583. The Morgan fingerprint density at radius 2 is 1.76 bits per heavy atom. The standard InChI is InChI=1S/C12H19F3N2/c1-8(6-7-12(13,14)15)17-11(4)9(2)10(3)16-5/h16H,3,6-7H2,1-2,4-5H3/b11-9+,17-8?. The Bertz CT molecular complexity index is 338. The molecular formula is C12H19F3N2. The van der Waals surface area contributed by atoms with Gasteiger partial charge in [0.05, 0.1) is 0 Å². The van der Waals surface area contributed by atoms with E-state index < -0.39 is 12.6 Å². The molecule has 0 aliphatic carbocycles. The number of nitrogens with zero attached hydrogens (tertiary/aromatic N) is 1. The van der Waals surface area contributed by atoms with Crippen molar-refractivity contribution in [2.24, 2.45) is 4.99 Å². The zero-order chi connectivity index (χ0) is 13.6. The second kappa shape index (κ2) is 6.47. The Morgan fingerprint density at radius 3 is 2.18 bits per heavy atom. The molecule has 1 N–H and O–H groups in total. The normalized spacial score (nSPS) is 14.4. The predicted octanol–water partition coefficient (Wildman–Crippen LogP) is 3.82. The van der Waals surface area contributed by atoms with Crippen molar-refractivity contribution in [2.75, 3.05) is 7.05 Å². The number of allylic oxidation sites excluding steroid dienone is 2. The summed E-state index contributed by atoms with van der Waals surface area (Å²) in [7, 11) is 1.74. The Labute approximate surface area is 100 Å². The van der Waals surface area contributed by atoms with Crippen molar-refractivity contribution in [1.82, 2.24) is 5.32 Å². The number of alkyl halides is 3. The molecule has 0 bridgehead atoms. The zero-order valence-electron chi connectivity index (χ0n) is 10.7. The number of nitrogens with one attached hydrogen (secondary N) is 1. The fourth-order valence-corrected chi connectivity index (χ4v) is 1.15. The van der Waals surface area contributed by atoms with Crippen LogP contribution >= 0.6 is 0 Å². The van der Waals surface area contributed by atoms with Crippen molar-refractivity contribution < 1.29 is 13.2 Å². The quantitative estimate of drug-likeness (QED) is 0.580. The molecule has 0 spiro atoms. The van der Waals surface area contributed by atoms with Gasteiger partial charge in [-0.05, 0) is 32.8 Å². The van der Waals surface area contributed by atoms with E-state index in [0.29, 0.717) is 11.4 Å². The average Bonchev–Trinajstić information content (AvgIpc) is 2.23. The van der Waals surface area contributed by atoms with Crippen LogP contribution in [0.25, 0.3) is 0 Å². The van der Waals surface area contributed by atoms with Gasteiger partial charge in [-0.1, -0.05) is 6.58 Å². The number of rotatable bonds is 5. The highest BCUT2D eigenvalue weighted by molar-refractivity contribution is 5.83. The lowest BCUT2D eigenvalue weighted by Crippen LogP contribution is -2.10. The summed E-state index contributed by atoms with van der Waals surface area (Å²) in [6.07, 6.45) is -5.03. The van der Waals surface area contributed by atoms with E-state index >= 15 is 0 Å². The summed E-state index contributed by atoms with van der Waals surface area (Å²) in [5.41, 5.74) is 2.72. The third kappa shape index (κ3) is 6.81. The number of hydrogen-bond donors (Lipinski definition) is 1. The second-order valence-electron chi connectivity index (χ2n) is 3.90. The van der Waals surface area contributed by atoms with Crippen LogP contribution in [0.3, 0.4) is 0 Å². The van der Waals surface area contributed by atoms with E-state index in [0.717, 1.165) is 11.3 Å². The molecule has 0 saturated carbocycles. The van der Waals surface area contributed by atoms with Gasteiger partial charge in [0.15, 0.2) is 0 Å². The van der Waals surface area contributed by atoms with E-state index in [4.69, 9.17) is 0 Å². The molecule has 0 fully saturated rings. The number of likely N-dealkylation sites (N-methyl/N-ethyl adjacent to an activating group) is 1. The summed E-state index contributed by atoms with van der Waals surface area (Å²) in [5, 5.41) is 2.87. The van der Waals surface area contributed by atoms with Gasteiger partial charge in [-0.2, -0.15) is 13.2 Å². The molecule has 0 aliphatic heterocycles. The van der Waals surface area contributed by atoms with E-state index in [9.17, 15) is 13.2 Å². The maximum atomic E-state index is 12.0. The van der Waals surface area contributed by atoms with Crippen LogP contribution in [0.1, 0.15) is 33.6 Å². The van der Waals surface area contributed by atoms with Crippen LogP contribution in [0.4, 0.5) is 13.2 Å². The van der Waals surface area contributed by atoms with Crippen molar-refractivity contribution in [3.8, 4) is 0 Å². The van der Waals surface area contributed by atoms with Crippen LogP contribution in [0.2, 0.25) is 0 Å². The molecule has 17 heavy (non-hydrogen) atoms. The Hall–Kier alpha value is -1.26. The van der Waals surface area contributed by atoms with Crippen LogP contribution in [-0.2, 0) is 0 Å². The van der Waals surface area contributed by atoms with Gasteiger partial charge < -0.3 is 5.32 Å². The molecule has 0 amide bonds. The molecule has 0 radical (unpaired) electrons. The molecule has 0 aromatic rings. The highest BCUT2D eigenvalue weighted by atomic mass is 19.4. The van der Waals surface area contributed by atoms with E-state index in [-0.39, 0.29) is 6.42 Å². The van der Waals surface area contributed by atoms with Crippen LogP contribution in [0.5, 0.6) is 0 Å².